The van der Waals surface area contributed by atoms with Gasteiger partial charge in [0.15, 0.2) is 6.61 Å². The van der Waals surface area contributed by atoms with Crippen LogP contribution in [-0.2, 0) is 11.2 Å². The first-order valence-electron chi connectivity index (χ1n) is 10.3. The minimum absolute atomic E-state index is 0.0295. The van der Waals surface area contributed by atoms with Gasteiger partial charge in [0.1, 0.15) is 11.5 Å². The number of rotatable bonds is 7. The Hall–Kier alpha value is -2.86. The largest absolute Gasteiger partial charge is 0.494 e. The summed E-state index contributed by atoms with van der Waals surface area (Å²) in [5.41, 5.74) is 4.07. The van der Waals surface area contributed by atoms with Gasteiger partial charge in [0.05, 0.1) is 23.0 Å². The van der Waals surface area contributed by atoms with Crippen molar-refractivity contribution in [2.24, 2.45) is 0 Å². The topological polar surface area (TPSA) is 51.7 Å². The molecule has 0 atom stereocenters. The maximum Gasteiger partial charge on any atom is 0.265 e. The van der Waals surface area contributed by atoms with E-state index in [0.717, 1.165) is 46.3 Å². The van der Waals surface area contributed by atoms with Gasteiger partial charge in [-0.1, -0.05) is 19.1 Å². The van der Waals surface area contributed by atoms with Gasteiger partial charge in [-0.05, 0) is 62.6 Å². The fourth-order valence-electron chi connectivity index (χ4n) is 3.63. The average Bonchev–Trinajstić information content (AvgIpc) is 3.10. The third-order valence-corrected chi connectivity index (χ3v) is 6.09. The van der Waals surface area contributed by atoms with Crippen LogP contribution in [0.1, 0.15) is 28.8 Å². The number of hydrogen-bond donors (Lipinski definition) is 0. The Balaban J connectivity index is 1.45. The van der Waals surface area contributed by atoms with Gasteiger partial charge in [-0.2, -0.15) is 0 Å². The molecule has 156 valence electrons. The molecule has 2 aromatic carbocycles. The summed E-state index contributed by atoms with van der Waals surface area (Å²) in [6, 6.07) is 14.1. The van der Waals surface area contributed by atoms with Crippen LogP contribution in [0.3, 0.4) is 0 Å². The van der Waals surface area contributed by atoms with Crippen molar-refractivity contribution in [1.82, 2.24) is 4.98 Å². The summed E-state index contributed by atoms with van der Waals surface area (Å²) < 4.78 is 11.5. The predicted molar refractivity (Wildman–Crippen MR) is 121 cm³/mol. The number of nitrogens with zero attached hydrogens (tertiary/aromatic N) is 2. The van der Waals surface area contributed by atoms with Gasteiger partial charge in [-0.25, -0.2) is 4.98 Å². The maximum atomic E-state index is 12.6. The van der Waals surface area contributed by atoms with Crippen molar-refractivity contribution in [3.8, 4) is 22.8 Å². The van der Waals surface area contributed by atoms with Crippen LogP contribution in [0.5, 0.6) is 11.5 Å². The molecule has 30 heavy (non-hydrogen) atoms. The van der Waals surface area contributed by atoms with Crippen molar-refractivity contribution in [3.63, 3.8) is 0 Å². The molecular weight excluding hydrogens is 396 g/mol. The third-order valence-electron chi connectivity index (χ3n) is 5.21. The molecule has 0 unspecified atom stereocenters. The smallest absolute Gasteiger partial charge is 0.265 e. The second kappa shape index (κ2) is 8.88. The van der Waals surface area contributed by atoms with E-state index in [1.807, 2.05) is 37.3 Å². The highest BCUT2D eigenvalue weighted by Gasteiger charge is 2.26. The lowest BCUT2D eigenvalue weighted by Gasteiger charge is -2.29. The van der Waals surface area contributed by atoms with Gasteiger partial charge in [-0.3, -0.25) is 4.79 Å². The molecule has 0 N–H and O–H groups in total. The van der Waals surface area contributed by atoms with Crippen molar-refractivity contribution in [3.05, 3.63) is 57.9 Å². The minimum Gasteiger partial charge on any atom is -0.494 e. The summed E-state index contributed by atoms with van der Waals surface area (Å²) in [5, 5.41) is 1.04. The molecule has 0 bridgehead atoms. The standard InChI is InChI=1S/C24H26N2O3S/c1-4-18-6-9-20(10-7-18)28-13-5-12-26-21-14-19(24-16(2)30-17(3)25-24)8-11-22(21)29-15-23(26)27/h6-11,14H,4-5,12-13,15H2,1-3H3. The molecule has 5 nitrogen and oxygen atoms in total. The van der Waals surface area contributed by atoms with Crippen LogP contribution in [0.2, 0.25) is 0 Å². The molecule has 0 fully saturated rings. The lowest BCUT2D eigenvalue weighted by Crippen LogP contribution is -2.39. The monoisotopic (exact) mass is 422 g/mol. The summed E-state index contributed by atoms with van der Waals surface area (Å²) in [4.78, 5) is 20.2. The number of ether oxygens (including phenoxy) is 2. The number of anilines is 1. The summed E-state index contributed by atoms with van der Waals surface area (Å²) in [7, 11) is 0. The highest BCUT2D eigenvalue weighted by Crippen LogP contribution is 2.37. The van der Waals surface area contributed by atoms with E-state index in [1.165, 1.54) is 10.4 Å². The predicted octanol–water partition coefficient (Wildman–Crippen LogP) is 5.18. The first-order chi connectivity index (χ1) is 14.5. The van der Waals surface area contributed by atoms with E-state index in [2.05, 4.69) is 31.0 Å². The summed E-state index contributed by atoms with van der Waals surface area (Å²) in [5.74, 6) is 1.56. The van der Waals surface area contributed by atoms with Gasteiger partial charge in [0.2, 0.25) is 0 Å². The molecule has 3 aromatic rings. The second-order valence-electron chi connectivity index (χ2n) is 7.35. The average molecular weight is 423 g/mol. The summed E-state index contributed by atoms with van der Waals surface area (Å²) in [6.07, 6.45) is 1.75. The molecule has 1 amide bonds. The first kappa shape index (κ1) is 20.4. The third kappa shape index (κ3) is 4.33. The molecule has 0 aliphatic carbocycles. The van der Waals surface area contributed by atoms with Crippen molar-refractivity contribution >= 4 is 22.9 Å². The quantitative estimate of drug-likeness (QED) is 0.492. The zero-order valence-corrected chi connectivity index (χ0v) is 18.4. The van der Waals surface area contributed by atoms with Crippen molar-refractivity contribution in [2.75, 3.05) is 24.7 Å². The molecule has 0 radical (unpaired) electrons. The van der Waals surface area contributed by atoms with Crippen molar-refractivity contribution in [2.45, 2.75) is 33.6 Å². The number of hydrogen-bond acceptors (Lipinski definition) is 5. The van der Waals surface area contributed by atoms with Gasteiger partial charge in [-0.15, -0.1) is 11.3 Å². The lowest BCUT2D eigenvalue weighted by molar-refractivity contribution is -0.121. The van der Waals surface area contributed by atoms with Crippen LogP contribution >= 0.6 is 11.3 Å². The summed E-state index contributed by atoms with van der Waals surface area (Å²) >= 11 is 1.68. The number of thiazole rings is 1. The van der Waals surface area contributed by atoms with Crippen molar-refractivity contribution < 1.29 is 14.3 Å². The van der Waals surface area contributed by atoms with Gasteiger partial charge < -0.3 is 14.4 Å². The Labute approximate surface area is 181 Å². The zero-order chi connectivity index (χ0) is 21.1. The van der Waals surface area contributed by atoms with Crippen LogP contribution in [0, 0.1) is 13.8 Å². The van der Waals surface area contributed by atoms with E-state index in [4.69, 9.17) is 9.47 Å². The Morgan fingerprint density at radius 2 is 1.97 bits per heavy atom. The molecule has 1 aliphatic rings. The van der Waals surface area contributed by atoms with Crippen LogP contribution in [-0.4, -0.2) is 30.6 Å². The summed E-state index contributed by atoms with van der Waals surface area (Å²) in [6.45, 7) is 7.42. The number of aromatic nitrogens is 1. The Bertz CT molecular complexity index is 1040. The van der Waals surface area contributed by atoms with E-state index in [-0.39, 0.29) is 12.5 Å². The second-order valence-corrected chi connectivity index (χ2v) is 8.76. The fraction of sp³-hybridized carbons (Fsp3) is 0.333. The number of aryl methyl sites for hydroxylation is 3. The molecule has 4 rings (SSSR count). The SMILES string of the molecule is CCc1ccc(OCCCN2C(=O)COc3ccc(-c4nc(C)sc4C)cc32)cc1. The number of carbonyl (C=O) groups excluding carboxylic acids is 1. The number of amides is 1. The number of carbonyl (C=O) groups is 1. The Morgan fingerprint density at radius 3 is 2.67 bits per heavy atom. The first-order valence-corrected chi connectivity index (χ1v) is 11.1. The van der Waals surface area contributed by atoms with E-state index >= 15 is 0 Å². The molecule has 1 aliphatic heterocycles. The van der Waals surface area contributed by atoms with Crippen LogP contribution in [0.15, 0.2) is 42.5 Å². The molecule has 0 spiro atoms. The van der Waals surface area contributed by atoms with E-state index in [0.29, 0.717) is 13.2 Å². The van der Waals surface area contributed by atoms with Gasteiger partial charge in [0.25, 0.3) is 5.91 Å². The Kier molecular flexibility index (Phi) is 6.04. The number of benzene rings is 2. The highest BCUT2D eigenvalue weighted by atomic mass is 32.1. The minimum atomic E-state index is -0.0295. The van der Waals surface area contributed by atoms with Crippen LogP contribution in [0.25, 0.3) is 11.3 Å². The normalized spacial score (nSPS) is 13.2. The molecule has 2 heterocycles. The number of fused-ring (bicyclic) bond motifs is 1. The van der Waals surface area contributed by atoms with Gasteiger partial charge >= 0.3 is 0 Å². The van der Waals surface area contributed by atoms with E-state index in [9.17, 15) is 4.79 Å². The zero-order valence-electron chi connectivity index (χ0n) is 17.6. The molecule has 0 saturated carbocycles. The van der Waals surface area contributed by atoms with Crippen molar-refractivity contribution in [1.29, 1.82) is 0 Å². The van der Waals surface area contributed by atoms with Crippen LogP contribution in [0.4, 0.5) is 5.69 Å². The van der Waals surface area contributed by atoms with Gasteiger partial charge in [0, 0.05) is 17.0 Å². The molecule has 6 heteroatoms. The van der Waals surface area contributed by atoms with E-state index in [1.54, 1.807) is 16.2 Å². The fourth-order valence-corrected chi connectivity index (χ4v) is 4.47. The van der Waals surface area contributed by atoms with E-state index < -0.39 is 0 Å². The Morgan fingerprint density at radius 1 is 1.17 bits per heavy atom. The maximum absolute atomic E-state index is 12.6. The molecule has 1 aromatic heterocycles. The molecule has 0 saturated heterocycles. The van der Waals surface area contributed by atoms with Crippen LogP contribution < -0.4 is 14.4 Å². The molecular formula is C24H26N2O3S. The lowest BCUT2D eigenvalue weighted by atomic mass is 10.1. The highest BCUT2D eigenvalue weighted by molar-refractivity contribution is 7.11.